The molecule has 0 bridgehead atoms. The van der Waals surface area contributed by atoms with E-state index in [4.69, 9.17) is 14.3 Å². The van der Waals surface area contributed by atoms with Gasteiger partial charge in [0.1, 0.15) is 5.76 Å². The molecule has 96 valence electrons. The van der Waals surface area contributed by atoms with Gasteiger partial charge in [-0.1, -0.05) is 0 Å². The van der Waals surface area contributed by atoms with Crippen LogP contribution in [0, 0.1) is 0 Å². The van der Waals surface area contributed by atoms with Crippen LogP contribution < -0.4 is 0 Å². The van der Waals surface area contributed by atoms with E-state index in [-0.39, 0.29) is 19.1 Å². The Balaban J connectivity index is 2.04. The summed E-state index contributed by atoms with van der Waals surface area (Å²) in [5.74, 6) is -0.875. The lowest BCUT2D eigenvalue weighted by Crippen LogP contribution is -2.52. The number of hydrogen-bond donors (Lipinski definition) is 1. The number of carboxylic acid groups (broad SMARTS) is 1. The predicted octanol–water partition coefficient (Wildman–Crippen LogP) is 0.605. The molecule has 2 heterocycles. The highest BCUT2D eigenvalue weighted by Gasteiger charge is 2.31. The standard InChI is InChI=1S/C12H13NO5/c14-11(4-3-9-2-1-6-18-9)13-5-7-17-8-10(13)12(15)16/h1-4,6,10H,5,7-8H2,(H,15,16)/b4-3-/t10-/m1/s1. The highest BCUT2D eigenvalue weighted by atomic mass is 16.5. The van der Waals surface area contributed by atoms with Crippen molar-refractivity contribution in [3.8, 4) is 0 Å². The zero-order valence-electron chi connectivity index (χ0n) is 9.61. The smallest absolute Gasteiger partial charge is 0.328 e. The van der Waals surface area contributed by atoms with Gasteiger partial charge in [0.25, 0.3) is 0 Å². The van der Waals surface area contributed by atoms with Crippen LogP contribution in [0.15, 0.2) is 28.9 Å². The first kappa shape index (κ1) is 12.4. The molecular formula is C12H13NO5. The maximum Gasteiger partial charge on any atom is 0.328 e. The summed E-state index contributed by atoms with van der Waals surface area (Å²) in [6.45, 7) is 0.651. The number of hydrogen-bond acceptors (Lipinski definition) is 4. The number of aliphatic carboxylic acids is 1. The molecule has 1 saturated heterocycles. The van der Waals surface area contributed by atoms with Crippen LogP contribution in [0.5, 0.6) is 0 Å². The van der Waals surface area contributed by atoms with Crippen molar-refractivity contribution in [3.63, 3.8) is 0 Å². The zero-order chi connectivity index (χ0) is 13.0. The Labute approximate surface area is 103 Å². The van der Waals surface area contributed by atoms with Crippen molar-refractivity contribution in [1.29, 1.82) is 0 Å². The van der Waals surface area contributed by atoms with E-state index in [1.807, 2.05) is 0 Å². The second-order valence-corrected chi connectivity index (χ2v) is 3.81. The van der Waals surface area contributed by atoms with Gasteiger partial charge in [-0.15, -0.1) is 0 Å². The van der Waals surface area contributed by atoms with Gasteiger partial charge in [-0.25, -0.2) is 4.79 Å². The monoisotopic (exact) mass is 251 g/mol. The molecule has 1 N–H and O–H groups in total. The number of carbonyl (C=O) groups excluding carboxylic acids is 1. The van der Waals surface area contributed by atoms with E-state index >= 15 is 0 Å². The number of ether oxygens (including phenoxy) is 1. The molecule has 1 atom stereocenters. The largest absolute Gasteiger partial charge is 0.480 e. The van der Waals surface area contributed by atoms with Crippen LogP contribution in [0.2, 0.25) is 0 Å². The number of carboxylic acids is 1. The summed E-state index contributed by atoms with van der Waals surface area (Å²) in [4.78, 5) is 24.2. The van der Waals surface area contributed by atoms with Crippen LogP contribution in [-0.2, 0) is 14.3 Å². The van der Waals surface area contributed by atoms with Gasteiger partial charge < -0.3 is 19.2 Å². The third-order valence-corrected chi connectivity index (χ3v) is 2.63. The van der Waals surface area contributed by atoms with Crippen molar-refractivity contribution in [2.24, 2.45) is 0 Å². The first-order valence-electron chi connectivity index (χ1n) is 5.51. The van der Waals surface area contributed by atoms with E-state index in [0.717, 1.165) is 0 Å². The molecule has 1 aromatic heterocycles. The van der Waals surface area contributed by atoms with Gasteiger partial charge in [0, 0.05) is 12.6 Å². The summed E-state index contributed by atoms with van der Waals surface area (Å²) in [6.07, 6.45) is 4.32. The third-order valence-electron chi connectivity index (χ3n) is 2.63. The first-order chi connectivity index (χ1) is 8.68. The number of morpholine rings is 1. The summed E-state index contributed by atoms with van der Waals surface area (Å²) in [6, 6.07) is 2.49. The van der Waals surface area contributed by atoms with Gasteiger partial charge >= 0.3 is 5.97 Å². The first-order valence-corrected chi connectivity index (χ1v) is 5.51. The summed E-state index contributed by atoms with van der Waals surface area (Å²) < 4.78 is 10.1. The third kappa shape index (κ3) is 2.78. The Bertz CT molecular complexity index is 451. The second kappa shape index (κ2) is 5.50. The van der Waals surface area contributed by atoms with Crippen LogP contribution in [0.4, 0.5) is 0 Å². The second-order valence-electron chi connectivity index (χ2n) is 3.81. The van der Waals surface area contributed by atoms with Gasteiger partial charge in [0.15, 0.2) is 6.04 Å². The minimum Gasteiger partial charge on any atom is -0.480 e. The van der Waals surface area contributed by atoms with Gasteiger partial charge in [0.2, 0.25) is 5.91 Å². The Hall–Kier alpha value is -2.08. The summed E-state index contributed by atoms with van der Waals surface area (Å²) in [5, 5.41) is 8.99. The fourth-order valence-electron chi connectivity index (χ4n) is 1.71. The molecule has 1 aliphatic heterocycles. The maximum atomic E-state index is 11.9. The Morgan fingerprint density at radius 2 is 2.33 bits per heavy atom. The molecule has 0 aliphatic carbocycles. The molecular weight excluding hydrogens is 238 g/mol. The number of amides is 1. The van der Waals surface area contributed by atoms with Crippen molar-refractivity contribution in [2.45, 2.75) is 6.04 Å². The average Bonchev–Trinajstić information content (AvgIpc) is 2.89. The summed E-state index contributed by atoms with van der Waals surface area (Å²) >= 11 is 0. The molecule has 1 aliphatic rings. The lowest BCUT2D eigenvalue weighted by atomic mass is 10.2. The van der Waals surface area contributed by atoms with Gasteiger partial charge in [-0.3, -0.25) is 4.79 Å². The van der Waals surface area contributed by atoms with E-state index in [1.54, 1.807) is 12.1 Å². The summed E-state index contributed by atoms with van der Waals surface area (Å²) in [7, 11) is 0. The van der Waals surface area contributed by atoms with Crippen molar-refractivity contribution in [1.82, 2.24) is 4.90 Å². The van der Waals surface area contributed by atoms with E-state index in [2.05, 4.69) is 0 Å². The van der Waals surface area contributed by atoms with E-state index in [1.165, 1.54) is 23.3 Å². The molecule has 1 fully saturated rings. The molecule has 2 rings (SSSR count). The number of nitrogens with zero attached hydrogens (tertiary/aromatic N) is 1. The lowest BCUT2D eigenvalue weighted by Gasteiger charge is -2.31. The molecule has 6 nitrogen and oxygen atoms in total. The zero-order valence-corrected chi connectivity index (χ0v) is 9.61. The van der Waals surface area contributed by atoms with Crippen LogP contribution in [-0.4, -0.2) is 47.7 Å². The molecule has 6 heteroatoms. The highest BCUT2D eigenvalue weighted by Crippen LogP contribution is 2.09. The molecule has 1 aromatic rings. The van der Waals surface area contributed by atoms with Crippen LogP contribution in [0.3, 0.4) is 0 Å². The molecule has 0 radical (unpaired) electrons. The Morgan fingerprint density at radius 1 is 1.50 bits per heavy atom. The molecule has 0 unspecified atom stereocenters. The van der Waals surface area contributed by atoms with Crippen molar-refractivity contribution < 1.29 is 23.8 Å². The van der Waals surface area contributed by atoms with Crippen molar-refractivity contribution in [3.05, 3.63) is 30.2 Å². The fourth-order valence-corrected chi connectivity index (χ4v) is 1.71. The molecule has 1 amide bonds. The average molecular weight is 251 g/mol. The number of carbonyl (C=O) groups is 2. The minimum atomic E-state index is -1.06. The molecule has 0 saturated carbocycles. The van der Waals surface area contributed by atoms with Gasteiger partial charge in [0.05, 0.1) is 19.5 Å². The van der Waals surface area contributed by atoms with E-state index < -0.39 is 12.0 Å². The Kier molecular flexibility index (Phi) is 3.78. The number of rotatable bonds is 3. The fraction of sp³-hybridized carbons (Fsp3) is 0.333. The predicted molar refractivity (Wildman–Crippen MR) is 61.7 cm³/mol. The normalized spacial score (nSPS) is 20.2. The topological polar surface area (TPSA) is 80.0 Å². The highest BCUT2D eigenvalue weighted by molar-refractivity contribution is 5.94. The SMILES string of the molecule is O=C(O)[C@H]1COCCN1C(=O)/C=C\c1ccco1. The molecule has 0 aromatic carbocycles. The molecule has 18 heavy (non-hydrogen) atoms. The maximum absolute atomic E-state index is 11.9. The summed E-state index contributed by atoms with van der Waals surface area (Å²) in [5.41, 5.74) is 0. The van der Waals surface area contributed by atoms with Crippen LogP contribution >= 0.6 is 0 Å². The van der Waals surface area contributed by atoms with E-state index in [9.17, 15) is 9.59 Å². The minimum absolute atomic E-state index is 0.0235. The van der Waals surface area contributed by atoms with Crippen molar-refractivity contribution >= 4 is 18.0 Å². The molecule has 0 spiro atoms. The Morgan fingerprint density at radius 3 is 3.00 bits per heavy atom. The van der Waals surface area contributed by atoms with Gasteiger partial charge in [-0.2, -0.15) is 0 Å². The van der Waals surface area contributed by atoms with Crippen LogP contribution in [0.25, 0.3) is 6.08 Å². The number of furan rings is 1. The lowest BCUT2D eigenvalue weighted by molar-refractivity contribution is -0.156. The van der Waals surface area contributed by atoms with Crippen LogP contribution in [0.1, 0.15) is 5.76 Å². The van der Waals surface area contributed by atoms with E-state index in [0.29, 0.717) is 12.4 Å². The van der Waals surface area contributed by atoms with Crippen molar-refractivity contribution in [2.75, 3.05) is 19.8 Å². The quantitative estimate of drug-likeness (QED) is 0.796. The van der Waals surface area contributed by atoms with Gasteiger partial charge in [-0.05, 0) is 18.2 Å².